The van der Waals surface area contributed by atoms with Gasteiger partial charge in [-0.25, -0.2) is 0 Å². The van der Waals surface area contributed by atoms with Crippen LogP contribution in [-0.4, -0.2) is 19.0 Å². The molecule has 0 heterocycles. The minimum absolute atomic E-state index is 0.208. The van der Waals surface area contributed by atoms with E-state index < -0.39 is 0 Å². The molecule has 0 aromatic carbocycles. The second kappa shape index (κ2) is 5.75. The Morgan fingerprint density at radius 2 is 2.08 bits per heavy atom. The summed E-state index contributed by atoms with van der Waals surface area (Å²) in [5, 5.41) is 2.88. The maximum atomic E-state index is 11.4. The summed E-state index contributed by atoms with van der Waals surface area (Å²) in [5.74, 6) is 0.477. The molecule has 3 heteroatoms. The number of nitrogens with one attached hydrogen (secondary N) is 1. The highest BCUT2D eigenvalue weighted by Gasteiger charge is 2.21. The summed E-state index contributed by atoms with van der Waals surface area (Å²) >= 11 is 0. The van der Waals surface area contributed by atoms with Crippen molar-refractivity contribution in [2.75, 3.05) is 13.1 Å². The van der Waals surface area contributed by atoms with Crippen molar-refractivity contribution in [1.82, 2.24) is 5.32 Å². The lowest BCUT2D eigenvalue weighted by molar-refractivity contribution is -0.124. The molecule has 0 radical (unpaired) electrons. The Hall–Kier alpha value is -0.830. The van der Waals surface area contributed by atoms with Crippen LogP contribution in [0.3, 0.4) is 0 Å². The molecule has 1 saturated carbocycles. The van der Waals surface area contributed by atoms with Crippen LogP contribution < -0.4 is 11.1 Å². The van der Waals surface area contributed by atoms with Crippen LogP contribution in [0.4, 0.5) is 0 Å². The molecule has 0 saturated heterocycles. The fourth-order valence-electron chi connectivity index (χ4n) is 1.67. The zero-order valence-corrected chi connectivity index (χ0v) is 7.96. The van der Waals surface area contributed by atoms with Crippen LogP contribution in [0.5, 0.6) is 0 Å². The molecule has 74 valence electrons. The fraction of sp³-hybridized carbons (Fsp3) is 0.700. The Labute approximate surface area is 79.4 Å². The molecule has 1 aliphatic rings. The molecule has 13 heavy (non-hydrogen) atoms. The number of carbonyl (C=O) groups excluding carboxylic acids is 1. The Bertz CT molecular complexity index is 183. The molecule has 0 aromatic rings. The fourth-order valence-corrected chi connectivity index (χ4v) is 1.67. The van der Waals surface area contributed by atoms with Gasteiger partial charge in [0.25, 0.3) is 0 Å². The van der Waals surface area contributed by atoms with Gasteiger partial charge in [-0.3, -0.25) is 4.79 Å². The largest absolute Gasteiger partial charge is 0.352 e. The van der Waals surface area contributed by atoms with Gasteiger partial charge in [0.2, 0.25) is 5.91 Å². The van der Waals surface area contributed by atoms with E-state index >= 15 is 0 Å². The van der Waals surface area contributed by atoms with E-state index in [4.69, 9.17) is 5.73 Å². The second-order valence-corrected chi connectivity index (χ2v) is 3.43. The minimum Gasteiger partial charge on any atom is -0.352 e. The summed E-state index contributed by atoms with van der Waals surface area (Å²) in [6.07, 6.45) is 8.29. The van der Waals surface area contributed by atoms with Gasteiger partial charge in [0.05, 0.1) is 0 Å². The van der Waals surface area contributed by atoms with Crippen LogP contribution in [0, 0.1) is 5.92 Å². The third-order valence-electron chi connectivity index (χ3n) is 2.42. The summed E-state index contributed by atoms with van der Waals surface area (Å²) in [4.78, 5) is 11.4. The van der Waals surface area contributed by atoms with Crippen LogP contribution in [0.25, 0.3) is 0 Å². The Morgan fingerprint density at radius 3 is 2.69 bits per heavy atom. The highest BCUT2D eigenvalue weighted by atomic mass is 16.1. The summed E-state index contributed by atoms with van der Waals surface area (Å²) < 4.78 is 0. The van der Waals surface area contributed by atoms with E-state index in [0.717, 1.165) is 12.8 Å². The van der Waals surface area contributed by atoms with E-state index in [1.165, 1.54) is 12.8 Å². The van der Waals surface area contributed by atoms with Crippen LogP contribution >= 0.6 is 0 Å². The van der Waals surface area contributed by atoms with Crippen molar-refractivity contribution in [2.24, 2.45) is 11.7 Å². The second-order valence-electron chi connectivity index (χ2n) is 3.43. The van der Waals surface area contributed by atoms with Crippen molar-refractivity contribution in [2.45, 2.75) is 25.7 Å². The quantitative estimate of drug-likeness (QED) is 0.632. The van der Waals surface area contributed by atoms with Gasteiger partial charge in [0.1, 0.15) is 0 Å². The van der Waals surface area contributed by atoms with E-state index in [1.807, 2.05) is 12.2 Å². The zero-order valence-electron chi connectivity index (χ0n) is 7.96. The van der Waals surface area contributed by atoms with Crippen molar-refractivity contribution in [3.63, 3.8) is 0 Å². The molecule has 0 atom stereocenters. The monoisotopic (exact) mass is 182 g/mol. The number of hydrogen-bond donors (Lipinski definition) is 2. The number of nitrogens with two attached hydrogens (primary N) is 1. The topological polar surface area (TPSA) is 55.1 Å². The Morgan fingerprint density at radius 1 is 1.38 bits per heavy atom. The predicted molar refractivity (Wildman–Crippen MR) is 53.2 cm³/mol. The molecule has 1 rings (SSSR count). The SMILES string of the molecule is NC/C=C/CNC(=O)C1CCCC1. The zero-order chi connectivity index (χ0) is 9.52. The van der Waals surface area contributed by atoms with Crippen molar-refractivity contribution >= 4 is 5.91 Å². The van der Waals surface area contributed by atoms with Gasteiger partial charge >= 0.3 is 0 Å². The summed E-state index contributed by atoms with van der Waals surface area (Å²) in [7, 11) is 0. The summed E-state index contributed by atoms with van der Waals surface area (Å²) in [6, 6.07) is 0. The molecule has 0 spiro atoms. The van der Waals surface area contributed by atoms with Crippen molar-refractivity contribution < 1.29 is 4.79 Å². The molecule has 0 aromatic heterocycles. The third kappa shape index (κ3) is 3.59. The lowest BCUT2D eigenvalue weighted by atomic mass is 10.1. The number of carbonyl (C=O) groups is 1. The first kappa shape index (κ1) is 10.3. The van der Waals surface area contributed by atoms with E-state index in [9.17, 15) is 4.79 Å². The smallest absolute Gasteiger partial charge is 0.223 e. The van der Waals surface area contributed by atoms with Crippen LogP contribution in [0.15, 0.2) is 12.2 Å². The number of rotatable bonds is 4. The molecule has 0 bridgehead atoms. The van der Waals surface area contributed by atoms with E-state index in [2.05, 4.69) is 5.32 Å². The highest BCUT2D eigenvalue weighted by molar-refractivity contribution is 5.78. The average Bonchev–Trinajstić information content (AvgIpc) is 2.65. The molecule has 1 aliphatic carbocycles. The van der Waals surface area contributed by atoms with Crippen LogP contribution in [0.1, 0.15) is 25.7 Å². The maximum Gasteiger partial charge on any atom is 0.223 e. The molecular weight excluding hydrogens is 164 g/mol. The first-order valence-electron chi connectivity index (χ1n) is 4.97. The first-order valence-corrected chi connectivity index (χ1v) is 4.97. The van der Waals surface area contributed by atoms with Gasteiger partial charge in [0, 0.05) is 19.0 Å². The van der Waals surface area contributed by atoms with Crippen LogP contribution in [0.2, 0.25) is 0 Å². The van der Waals surface area contributed by atoms with Gasteiger partial charge in [-0.15, -0.1) is 0 Å². The predicted octanol–water partition coefficient (Wildman–Crippen LogP) is 0.808. The minimum atomic E-state index is 0.208. The standard InChI is InChI=1S/C10H18N2O/c11-7-3-4-8-12-10(13)9-5-1-2-6-9/h3-4,9H,1-2,5-8,11H2,(H,12,13)/b4-3+. The summed E-state index contributed by atoms with van der Waals surface area (Å²) in [5.41, 5.74) is 5.27. The molecule has 3 nitrogen and oxygen atoms in total. The van der Waals surface area contributed by atoms with Crippen molar-refractivity contribution in [1.29, 1.82) is 0 Å². The van der Waals surface area contributed by atoms with Crippen molar-refractivity contribution in [3.8, 4) is 0 Å². The van der Waals surface area contributed by atoms with Gasteiger partial charge in [-0.1, -0.05) is 25.0 Å². The van der Waals surface area contributed by atoms with Gasteiger partial charge in [-0.2, -0.15) is 0 Å². The number of amides is 1. The van der Waals surface area contributed by atoms with Gasteiger partial charge in [0.15, 0.2) is 0 Å². The Balaban J connectivity index is 2.13. The molecule has 1 amide bonds. The normalized spacial score (nSPS) is 18.2. The molecule has 0 unspecified atom stereocenters. The van der Waals surface area contributed by atoms with Crippen LogP contribution in [-0.2, 0) is 4.79 Å². The van der Waals surface area contributed by atoms with E-state index in [0.29, 0.717) is 13.1 Å². The molecule has 1 fully saturated rings. The maximum absolute atomic E-state index is 11.4. The molecule has 0 aliphatic heterocycles. The number of hydrogen-bond acceptors (Lipinski definition) is 2. The Kier molecular flexibility index (Phi) is 4.54. The van der Waals surface area contributed by atoms with E-state index in [-0.39, 0.29) is 11.8 Å². The van der Waals surface area contributed by atoms with Crippen molar-refractivity contribution in [3.05, 3.63) is 12.2 Å². The lowest BCUT2D eigenvalue weighted by Crippen LogP contribution is -2.29. The average molecular weight is 182 g/mol. The third-order valence-corrected chi connectivity index (χ3v) is 2.42. The van der Waals surface area contributed by atoms with Gasteiger partial charge in [-0.05, 0) is 12.8 Å². The molecule has 3 N–H and O–H groups in total. The lowest BCUT2D eigenvalue weighted by Gasteiger charge is -2.07. The highest BCUT2D eigenvalue weighted by Crippen LogP contribution is 2.24. The van der Waals surface area contributed by atoms with Gasteiger partial charge < -0.3 is 11.1 Å². The summed E-state index contributed by atoms with van der Waals surface area (Å²) in [6.45, 7) is 1.16. The van der Waals surface area contributed by atoms with E-state index in [1.54, 1.807) is 0 Å². The first-order chi connectivity index (χ1) is 6.34. The molecular formula is C10H18N2O.